The van der Waals surface area contributed by atoms with Crippen LogP contribution in [0.4, 0.5) is 0 Å². The largest absolute Gasteiger partial charge is 0.466 e. The minimum Gasteiger partial charge on any atom is -0.466 e. The van der Waals surface area contributed by atoms with Crippen LogP contribution in [0.25, 0.3) is 0 Å². The molecule has 0 aliphatic rings. The van der Waals surface area contributed by atoms with Gasteiger partial charge in [-0.25, -0.2) is 9.59 Å². The molecule has 0 N–H and O–H groups in total. The number of thioether (sulfide) groups is 1. The van der Waals surface area contributed by atoms with Gasteiger partial charge in [-0.15, -0.1) is 0 Å². The fourth-order valence-corrected chi connectivity index (χ4v) is 1.53. The van der Waals surface area contributed by atoms with Crippen molar-refractivity contribution in [3.63, 3.8) is 0 Å². The zero-order chi connectivity index (χ0) is 11.8. The number of hydrogen-bond acceptors (Lipinski definition) is 5. The van der Waals surface area contributed by atoms with Crippen LogP contribution in [0.3, 0.4) is 0 Å². The third-order valence-electron chi connectivity index (χ3n) is 1.50. The average molecular weight is 230 g/mol. The van der Waals surface area contributed by atoms with Gasteiger partial charge in [-0.05, 0) is 0 Å². The van der Waals surface area contributed by atoms with Gasteiger partial charge in [0.25, 0.3) is 0 Å². The molecule has 0 aliphatic carbocycles. The molecule has 0 aliphatic heterocycles. The number of carbonyl (C=O) groups is 2. The van der Waals surface area contributed by atoms with Gasteiger partial charge in [0, 0.05) is 22.7 Å². The molecule has 0 heterocycles. The molecule has 0 aromatic heterocycles. The highest BCUT2D eigenvalue weighted by molar-refractivity contribution is 7.99. The summed E-state index contributed by atoms with van der Waals surface area (Å²) in [6.07, 6.45) is 0. The number of hydrogen-bond donors (Lipinski definition) is 0. The maximum absolute atomic E-state index is 10.9. The van der Waals surface area contributed by atoms with Crippen LogP contribution in [-0.2, 0) is 19.1 Å². The molecule has 0 atom stereocenters. The van der Waals surface area contributed by atoms with Crippen molar-refractivity contribution in [1.29, 1.82) is 0 Å². The highest BCUT2D eigenvalue weighted by atomic mass is 32.2. The second kappa shape index (κ2) is 7.11. The lowest BCUT2D eigenvalue weighted by Crippen LogP contribution is -2.08. The summed E-state index contributed by atoms with van der Waals surface area (Å²) in [5, 5.41) is 0. The Labute approximate surface area is 93.3 Å². The molecule has 0 saturated heterocycles. The number of ether oxygens (including phenoxy) is 2. The summed E-state index contributed by atoms with van der Waals surface area (Å²) in [6.45, 7) is 7.09. The van der Waals surface area contributed by atoms with Gasteiger partial charge in [-0.1, -0.05) is 13.2 Å². The monoisotopic (exact) mass is 230 g/mol. The molecular formula is C10H14O4S. The third kappa shape index (κ3) is 5.27. The quantitative estimate of drug-likeness (QED) is 0.506. The summed E-state index contributed by atoms with van der Waals surface area (Å²) in [5.41, 5.74) is 0.723. The van der Waals surface area contributed by atoms with Crippen molar-refractivity contribution in [3.8, 4) is 0 Å². The highest BCUT2D eigenvalue weighted by Gasteiger charge is 2.09. The normalized spacial score (nSPS) is 9.20. The van der Waals surface area contributed by atoms with Crippen LogP contribution in [0, 0.1) is 0 Å². The standard InChI is InChI=1S/C10H14O4S/c1-7(9(11)13-3)5-15-6-8(2)10(12)14-4/h1-2,5-6H2,3-4H3. The van der Waals surface area contributed by atoms with Gasteiger partial charge in [0.05, 0.1) is 14.2 Å². The number of esters is 2. The van der Waals surface area contributed by atoms with Crippen LogP contribution in [0.15, 0.2) is 24.3 Å². The van der Waals surface area contributed by atoms with E-state index in [1.54, 1.807) is 0 Å². The van der Waals surface area contributed by atoms with E-state index < -0.39 is 11.9 Å². The van der Waals surface area contributed by atoms with Crippen LogP contribution in [0.1, 0.15) is 0 Å². The van der Waals surface area contributed by atoms with Crippen molar-refractivity contribution < 1.29 is 19.1 Å². The number of carbonyl (C=O) groups excluding carboxylic acids is 2. The highest BCUT2D eigenvalue weighted by Crippen LogP contribution is 2.11. The van der Waals surface area contributed by atoms with E-state index in [0.717, 1.165) is 0 Å². The third-order valence-corrected chi connectivity index (χ3v) is 2.61. The van der Waals surface area contributed by atoms with Crippen LogP contribution in [-0.4, -0.2) is 37.7 Å². The fraction of sp³-hybridized carbons (Fsp3) is 0.400. The van der Waals surface area contributed by atoms with Gasteiger partial charge in [0.15, 0.2) is 0 Å². The Kier molecular flexibility index (Phi) is 6.53. The van der Waals surface area contributed by atoms with E-state index in [2.05, 4.69) is 22.6 Å². The summed E-state index contributed by atoms with van der Waals surface area (Å²) < 4.78 is 8.94. The molecule has 4 nitrogen and oxygen atoms in total. The molecule has 0 radical (unpaired) electrons. The summed E-state index contributed by atoms with van der Waals surface area (Å²) in [5.74, 6) is -0.0666. The van der Waals surface area contributed by atoms with Crippen molar-refractivity contribution in [2.75, 3.05) is 25.7 Å². The molecule has 0 saturated carbocycles. The van der Waals surface area contributed by atoms with Crippen LogP contribution in [0.5, 0.6) is 0 Å². The maximum atomic E-state index is 10.9. The van der Waals surface area contributed by atoms with E-state index in [9.17, 15) is 9.59 Å². The van der Waals surface area contributed by atoms with Gasteiger partial charge in [-0.3, -0.25) is 0 Å². The Balaban J connectivity index is 3.80. The molecule has 0 fully saturated rings. The number of rotatable bonds is 6. The van der Waals surface area contributed by atoms with Gasteiger partial charge in [0.2, 0.25) is 0 Å². The Bertz CT molecular complexity index is 255. The summed E-state index contributed by atoms with van der Waals surface area (Å²) >= 11 is 1.36. The SMILES string of the molecule is C=C(CSCC(=C)C(=O)OC)C(=O)OC. The van der Waals surface area contributed by atoms with E-state index in [-0.39, 0.29) is 0 Å². The molecule has 84 valence electrons. The predicted octanol–water partition coefficient (Wildman–Crippen LogP) is 1.18. The first-order chi connectivity index (χ1) is 7.02. The maximum Gasteiger partial charge on any atom is 0.333 e. The zero-order valence-electron chi connectivity index (χ0n) is 8.87. The van der Waals surface area contributed by atoms with Crippen molar-refractivity contribution in [2.45, 2.75) is 0 Å². The van der Waals surface area contributed by atoms with Crippen LogP contribution in [0.2, 0.25) is 0 Å². The Morgan fingerprint density at radius 1 is 1.00 bits per heavy atom. The molecule has 5 heteroatoms. The van der Waals surface area contributed by atoms with Crippen molar-refractivity contribution in [2.24, 2.45) is 0 Å². The van der Waals surface area contributed by atoms with Crippen LogP contribution < -0.4 is 0 Å². The minimum atomic E-state index is -0.439. The van der Waals surface area contributed by atoms with E-state index >= 15 is 0 Å². The first-order valence-corrected chi connectivity index (χ1v) is 5.28. The lowest BCUT2D eigenvalue weighted by Gasteiger charge is -2.04. The van der Waals surface area contributed by atoms with E-state index in [4.69, 9.17) is 0 Å². The second-order valence-electron chi connectivity index (χ2n) is 2.68. The molecular weight excluding hydrogens is 216 g/mol. The van der Waals surface area contributed by atoms with Gasteiger partial charge in [0.1, 0.15) is 0 Å². The Morgan fingerprint density at radius 2 is 1.33 bits per heavy atom. The zero-order valence-corrected chi connectivity index (χ0v) is 9.69. The van der Waals surface area contributed by atoms with E-state index in [1.165, 1.54) is 26.0 Å². The van der Waals surface area contributed by atoms with Crippen molar-refractivity contribution in [3.05, 3.63) is 24.3 Å². The molecule has 0 spiro atoms. The molecule has 0 amide bonds. The molecule has 0 bridgehead atoms. The smallest absolute Gasteiger partial charge is 0.333 e. The lowest BCUT2D eigenvalue weighted by atomic mass is 10.3. The lowest BCUT2D eigenvalue weighted by molar-refractivity contribution is -0.136. The molecule has 0 rings (SSSR count). The second-order valence-corrected chi connectivity index (χ2v) is 3.67. The van der Waals surface area contributed by atoms with E-state index in [0.29, 0.717) is 22.7 Å². The predicted molar refractivity (Wildman–Crippen MR) is 59.6 cm³/mol. The first kappa shape index (κ1) is 13.8. The Morgan fingerprint density at radius 3 is 1.60 bits per heavy atom. The molecule has 0 unspecified atom stereocenters. The minimum absolute atomic E-state index is 0.361. The van der Waals surface area contributed by atoms with Crippen molar-refractivity contribution >= 4 is 23.7 Å². The average Bonchev–Trinajstić information content (AvgIpc) is 2.26. The van der Waals surface area contributed by atoms with Gasteiger partial charge >= 0.3 is 11.9 Å². The Hall–Kier alpha value is -1.23. The van der Waals surface area contributed by atoms with E-state index in [1.807, 2.05) is 0 Å². The summed E-state index contributed by atoms with van der Waals surface area (Å²) in [7, 11) is 2.59. The molecule has 0 aromatic rings. The first-order valence-electron chi connectivity index (χ1n) is 4.12. The van der Waals surface area contributed by atoms with Gasteiger partial charge in [-0.2, -0.15) is 11.8 Å². The summed E-state index contributed by atoms with van der Waals surface area (Å²) in [4.78, 5) is 21.9. The molecule has 15 heavy (non-hydrogen) atoms. The fourth-order valence-electron chi connectivity index (χ4n) is 0.704. The molecule has 0 aromatic carbocycles. The topological polar surface area (TPSA) is 52.6 Å². The van der Waals surface area contributed by atoms with Gasteiger partial charge < -0.3 is 9.47 Å². The summed E-state index contributed by atoms with van der Waals surface area (Å²) in [6, 6.07) is 0. The van der Waals surface area contributed by atoms with Crippen LogP contribution >= 0.6 is 11.8 Å². The van der Waals surface area contributed by atoms with Crippen molar-refractivity contribution in [1.82, 2.24) is 0 Å². The number of methoxy groups -OCH3 is 2.